The average Bonchev–Trinajstić information content (AvgIpc) is 2.77. The van der Waals surface area contributed by atoms with Crippen molar-refractivity contribution in [2.45, 2.75) is 31.2 Å². The number of fused-ring (bicyclic) bond motifs is 1. The van der Waals surface area contributed by atoms with Crippen molar-refractivity contribution >= 4 is 10.8 Å². The lowest BCUT2D eigenvalue weighted by atomic mass is 9.88. The van der Waals surface area contributed by atoms with Crippen molar-refractivity contribution < 1.29 is 0 Å². The lowest BCUT2D eigenvalue weighted by Crippen LogP contribution is -2.32. The molecule has 0 aliphatic heterocycles. The van der Waals surface area contributed by atoms with Gasteiger partial charge in [-0.15, -0.1) is 0 Å². The van der Waals surface area contributed by atoms with Crippen molar-refractivity contribution in [3.63, 3.8) is 0 Å². The summed E-state index contributed by atoms with van der Waals surface area (Å²) in [6.07, 6.45) is 8.47. The van der Waals surface area contributed by atoms with E-state index in [4.69, 9.17) is 5.73 Å². The second-order valence-electron chi connectivity index (χ2n) is 4.80. The molecule has 82 valence electrons. The quantitative estimate of drug-likeness (QED) is 0.789. The SMILES string of the molecule is NC1(c2ccc3ccncc3c2)CCCC1. The van der Waals surface area contributed by atoms with E-state index in [0.29, 0.717) is 0 Å². The third-order valence-corrected chi connectivity index (χ3v) is 3.71. The zero-order valence-electron chi connectivity index (χ0n) is 9.32. The van der Waals surface area contributed by atoms with Crippen LogP contribution >= 0.6 is 0 Å². The summed E-state index contributed by atoms with van der Waals surface area (Å²) < 4.78 is 0. The van der Waals surface area contributed by atoms with Gasteiger partial charge < -0.3 is 5.73 Å². The van der Waals surface area contributed by atoms with E-state index in [1.165, 1.54) is 29.2 Å². The smallest absolute Gasteiger partial charge is 0.0409 e. The zero-order valence-corrected chi connectivity index (χ0v) is 9.32. The number of benzene rings is 1. The molecule has 1 fully saturated rings. The van der Waals surface area contributed by atoms with Crippen LogP contribution in [-0.2, 0) is 5.54 Å². The first kappa shape index (κ1) is 9.79. The minimum Gasteiger partial charge on any atom is -0.321 e. The minimum absolute atomic E-state index is 0.0932. The van der Waals surface area contributed by atoms with Crippen molar-refractivity contribution in [3.05, 3.63) is 42.2 Å². The van der Waals surface area contributed by atoms with Gasteiger partial charge in [-0.25, -0.2) is 0 Å². The van der Waals surface area contributed by atoms with E-state index < -0.39 is 0 Å². The second-order valence-corrected chi connectivity index (χ2v) is 4.80. The van der Waals surface area contributed by atoms with E-state index in [2.05, 4.69) is 23.2 Å². The summed E-state index contributed by atoms with van der Waals surface area (Å²) in [5.41, 5.74) is 7.63. The van der Waals surface area contributed by atoms with Crippen LogP contribution in [0.3, 0.4) is 0 Å². The molecule has 3 rings (SSSR count). The molecule has 0 saturated heterocycles. The van der Waals surface area contributed by atoms with E-state index in [1.54, 1.807) is 0 Å². The highest BCUT2D eigenvalue weighted by Crippen LogP contribution is 2.37. The Labute approximate surface area is 95.5 Å². The average molecular weight is 212 g/mol. The van der Waals surface area contributed by atoms with Gasteiger partial charge in [0.05, 0.1) is 0 Å². The van der Waals surface area contributed by atoms with Crippen molar-refractivity contribution in [3.8, 4) is 0 Å². The predicted octanol–water partition coefficient (Wildman–Crippen LogP) is 2.96. The van der Waals surface area contributed by atoms with Gasteiger partial charge in [0, 0.05) is 23.3 Å². The summed E-state index contributed by atoms with van der Waals surface area (Å²) in [6.45, 7) is 0. The third kappa shape index (κ3) is 1.50. The molecule has 1 aromatic heterocycles. The monoisotopic (exact) mass is 212 g/mol. The molecule has 2 aromatic rings. The lowest BCUT2D eigenvalue weighted by Gasteiger charge is -2.24. The van der Waals surface area contributed by atoms with Crippen LogP contribution in [0.4, 0.5) is 0 Å². The Morgan fingerprint density at radius 1 is 1.06 bits per heavy atom. The van der Waals surface area contributed by atoms with Gasteiger partial charge in [-0.3, -0.25) is 4.98 Å². The molecule has 2 heteroatoms. The first-order valence-electron chi connectivity index (χ1n) is 5.91. The number of hydrogen-bond acceptors (Lipinski definition) is 2. The molecule has 0 bridgehead atoms. The Morgan fingerprint density at radius 3 is 2.69 bits per heavy atom. The Morgan fingerprint density at radius 2 is 1.88 bits per heavy atom. The lowest BCUT2D eigenvalue weighted by molar-refractivity contribution is 0.462. The number of rotatable bonds is 1. The van der Waals surface area contributed by atoms with Gasteiger partial charge in [0.15, 0.2) is 0 Å². The molecule has 1 aromatic carbocycles. The molecule has 2 N–H and O–H groups in total. The highest BCUT2D eigenvalue weighted by molar-refractivity contribution is 5.82. The molecule has 0 unspecified atom stereocenters. The summed E-state index contributed by atoms with van der Waals surface area (Å²) in [6, 6.07) is 8.57. The Hall–Kier alpha value is -1.41. The maximum Gasteiger partial charge on any atom is 0.0409 e. The molecule has 0 radical (unpaired) electrons. The van der Waals surface area contributed by atoms with Gasteiger partial charge in [0.25, 0.3) is 0 Å². The third-order valence-electron chi connectivity index (χ3n) is 3.71. The standard InChI is InChI=1S/C14H16N2/c15-14(6-1-2-7-14)13-4-3-11-5-8-16-10-12(11)9-13/h3-5,8-10H,1-2,6-7,15H2. The molecule has 1 aliphatic carbocycles. The van der Waals surface area contributed by atoms with Gasteiger partial charge in [-0.2, -0.15) is 0 Å². The second kappa shape index (κ2) is 3.56. The van der Waals surface area contributed by atoms with Gasteiger partial charge >= 0.3 is 0 Å². The highest BCUT2D eigenvalue weighted by atomic mass is 14.8. The number of aromatic nitrogens is 1. The predicted molar refractivity (Wildman–Crippen MR) is 66.1 cm³/mol. The molecule has 1 aliphatic rings. The van der Waals surface area contributed by atoms with Crippen LogP contribution in [0.2, 0.25) is 0 Å². The van der Waals surface area contributed by atoms with Gasteiger partial charge in [-0.1, -0.05) is 25.0 Å². The van der Waals surface area contributed by atoms with Gasteiger partial charge in [0.2, 0.25) is 0 Å². The summed E-state index contributed by atoms with van der Waals surface area (Å²) in [4.78, 5) is 4.16. The van der Waals surface area contributed by atoms with Crippen LogP contribution in [0.25, 0.3) is 10.8 Å². The Bertz CT molecular complexity index is 513. The number of pyridine rings is 1. The number of nitrogens with zero attached hydrogens (tertiary/aromatic N) is 1. The van der Waals surface area contributed by atoms with E-state index in [1.807, 2.05) is 18.5 Å². The summed E-state index contributed by atoms with van der Waals surface area (Å²) in [5, 5.41) is 2.43. The van der Waals surface area contributed by atoms with E-state index >= 15 is 0 Å². The summed E-state index contributed by atoms with van der Waals surface area (Å²) in [5.74, 6) is 0. The molecular formula is C14H16N2. The molecule has 1 heterocycles. The first-order chi connectivity index (χ1) is 7.78. The molecule has 0 amide bonds. The fourth-order valence-electron chi connectivity index (χ4n) is 2.69. The molecule has 1 saturated carbocycles. The van der Waals surface area contributed by atoms with Gasteiger partial charge in [0.1, 0.15) is 0 Å². The molecule has 2 nitrogen and oxygen atoms in total. The molecule has 0 atom stereocenters. The number of nitrogens with two attached hydrogens (primary N) is 1. The topological polar surface area (TPSA) is 38.9 Å². The Balaban J connectivity index is 2.11. The maximum atomic E-state index is 6.45. The largest absolute Gasteiger partial charge is 0.321 e. The minimum atomic E-state index is -0.0932. The maximum absolute atomic E-state index is 6.45. The Kier molecular flexibility index (Phi) is 2.18. The van der Waals surface area contributed by atoms with E-state index in [0.717, 1.165) is 12.8 Å². The first-order valence-corrected chi connectivity index (χ1v) is 5.91. The van der Waals surface area contributed by atoms with Gasteiger partial charge in [-0.05, 0) is 35.9 Å². The molecular weight excluding hydrogens is 196 g/mol. The van der Waals surface area contributed by atoms with Crippen molar-refractivity contribution in [2.75, 3.05) is 0 Å². The van der Waals surface area contributed by atoms with Crippen LogP contribution in [-0.4, -0.2) is 4.98 Å². The van der Waals surface area contributed by atoms with Crippen LogP contribution < -0.4 is 5.73 Å². The fraction of sp³-hybridized carbons (Fsp3) is 0.357. The van der Waals surface area contributed by atoms with Crippen LogP contribution in [0.5, 0.6) is 0 Å². The van der Waals surface area contributed by atoms with Crippen LogP contribution in [0.15, 0.2) is 36.7 Å². The fourth-order valence-corrected chi connectivity index (χ4v) is 2.69. The van der Waals surface area contributed by atoms with Crippen LogP contribution in [0, 0.1) is 0 Å². The van der Waals surface area contributed by atoms with Crippen molar-refractivity contribution in [1.82, 2.24) is 4.98 Å². The number of hydrogen-bond donors (Lipinski definition) is 1. The highest BCUT2D eigenvalue weighted by Gasteiger charge is 2.30. The van der Waals surface area contributed by atoms with E-state index in [-0.39, 0.29) is 5.54 Å². The summed E-state index contributed by atoms with van der Waals surface area (Å²) in [7, 11) is 0. The van der Waals surface area contributed by atoms with Crippen LogP contribution in [0.1, 0.15) is 31.2 Å². The van der Waals surface area contributed by atoms with Crippen molar-refractivity contribution in [1.29, 1.82) is 0 Å². The zero-order chi connectivity index (χ0) is 11.0. The molecule has 0 spiro atoms. The normalized spacial score (nSPS) is 19.1. The van der Waals surface area contributed by atoms with E-state index in [9.17, 15) is 0 Å². The van der Waals surface area contributed by atoms with Crippen molar-refractivity contribution in [2.24, 2.45) is 5.73 Å². The molecule has 16 heavy (non-hydrogen) atoms. The summed E-state index contributed by atoms with van der Waals surface area (Å²) >= 11 is 0.